The third kappa shape index (κ3) is 5.19. The van der Waals surface area contributed by atoms with Gasteiger partial charge >= 0.3 is 6.18 Å². The number of anilines is 1. The molecule has 1 aliphatic heterocycles. The van der Waals surface area contributed by atoms with Crippen LogP contribution in [0.2, 0.25) is 0 Å². The second-order valence-corrected chi connectivity index (χ2v) is 10.5. The molecule has 3 heterocycles. The molecule has 0 bridgehead atoms. The topological polar surface area (TPSA) is 111 Å². The zero-order chi connectivity index (χ0) is 27.2. The van der Waals surface area contributed by atoms with Crippen molar-refractivity contribution in [3.8, 4) is 5.75 Å². The summed E-state index contributed by atoms with van der Waals surface area (Å²) in [5.41, 5.74) is 1.97. The summed E-state index contributed by atoms with van der Waals surface area (Å²) in [5, 5.41) is 10.8. The van der Waals surface area contributed by atoms with Gasteiger partial charge in [0.1, 0.15) is 22.8 Å². The lowest BCUT2D eigenvalue weighted by Gasteiger charge is -2.42. The number of carbonyl (C=O) groups is 2. The number of amides is 2. The summed E-state index contributed by atoms with van der Waals surface area (Å²) in [6, 6.07) is 4.89. The Kier molecular flexibility index (Phi) is 6.27. The highest BCUT2D eigenvalue weighted by atomic mass is 19.4. The lowest BCUT2D eigenvalue weighted by Crippen LogP contribution is -2.52. The average molecular weight is 541 g/mol. The fourth-order valence-electron chi connectivity index (χ4n) is 5.60. The standard InChI is InChI=1S/C27H27F3N6O3/c28-27(29,30)15-39-18-5-6-19-17(12-18)2-1-8-26(19)13-20-22(25(38)34-26)23(36(35-20)11-7-16-3-4-16)33-24(37)21-14-31-9-10-32-21/h5-6,9-10,12,14,16H,1-4,7-8,11,13,15H2,(H,33,37)(H,34,38)/t26-/m0/s1. The van der Waals surface area contributed by atoms with Crippen LogP contribution in [0.15, 0.2) is 36.8 Å². The van der Waals surface area contributed by atoms with Gasteiger partial charge in [-0.2, -0.15) is 18.3 Å². The van der Waals surface area contributed by atoms with Crippen LogP contribution < -0.4 is 15.4 Å². The summed E-state index contributed by atoms with van der Waals surface area (Å²) in [5.74, 6) is 0.258. The molecule has 1 fully saturated rings. The number of benzene rings is 1. The van der Waals surface area contributed by atoms with Crippen molar-refractivity contribution in [2.45, 2.75) is 63.2 Å². The van der Waals surface area contributed by atoms with Crippen molar-refractivity contribution in [1.29, 1.82) is 0 Å². The maximum Gasteiger partial charge on any atom is 0.422 e. The molecule has 2 aromatic heterocycles. The van der Waals surface area contributed by atoms with Crippen LogP contribution in [0.25, 0.3) is 0 Å². The Labute approximate surface area is 222 Å². The van der Waals surface area contributed by atoms with Crippen LogP contribution in [0, 0.1) is 5.92 Å². The molecular formula is C27H27F3N6O3. The Morgan fingerprint density at radius 3 is 2.85 bits per heavy atom. The minimum atomic E-state index is -4.43. The van der Waals surface area contributed by atoms with Gasteiger partial charge < -0.3 is 15.4 Å². The molecule has 3 aromatic rings. The minimum Gasteiger partial charge on any atom is -0.484 e. The molecule has 39 heavy (non-hydrogen) atoms. The van der Waals surface area contributed by atoms with Crippen LogP contribution in [-0.4, -0.2) is 44.3 Å². The van der Waals surface area contributed by atoms with Gasteiger partial charge in [-0.05, 0) is 54.9 Å². The van der Waals surface area contributed by atoms with Crippen molar-refractivity contribution in [2.24, 2.45) is 5.92 Å². The number of fused-ring (bicyclic) bond motifs is 3. The molecule has 1 aromatic carbocycles. The summed E-state index contributed by atoms with van der Waals surface area (Å²) in [6.07, 6.45) is 5.50. The van der Waals surface area contributed by atoms with Crippen LogP contribution in [0.3, 0.4) is 0 Å². The quantitative estimate of drug-likeness (QED) is 0.465. The first kappa shape index (κ1) is 25.3. The van der Waals surface area contributed by atoms with Crippen LogP contribution in [0.1, 0.15) is 69.8 Å². The number of hydrogen-bond acceptors (Lipinski definition) is 6. The highest BCUT2D eigenvalue weighted by Crippen LogP contribution is 2.43. The highest BCUT2D eigenvalue weighted by molar-refractivity contribution is 6.08. The molecule has 0 saturated heterocycles. The van der Waals surface area contributed by atoms with E-state index < -0.39 is 24.2 Å². The van der Waals surface area contributed by atoms with E-state index in [2.05, 4.69) is 20.6 Å². The molecular weight excluding hydrogens is 513 g/mol. The molecule has 204 valence electrons. The fraction of sp³-hybridized carbons (Fsp3) is 0.444. The van der Waals surface area contributed by atoms with E-state index in [1.165, 1.54) is 24.7 Å². The summed E-state index contributed by atoms with van der Waals surface area (Å²) < 4.78 is 44.6. The molecule has 0 unspecified atom stereocenters. The minimum absolute atomic E-state index is 0.124. The number of nitrogens with one attached hydrogen (secondary N) is 2. The predicted molar refractivity (Wildman–Crippen MR) is 133 cm³/mol. The lowest BCUT2D eigenvalue weighted by atomic mass is 9.72. The number of hydrogen-bond donors (Lipinski definition) is 2. The van der Waals surface area contributed by atoms with E-state index >= 15 is 0 Å². The number of alkyl halides is 3. The lowest BCUT2D eigenvalue weighted by molar-refractivity contribution is -0.153. The number of ether oxygens (including phenoxy) is 1. The van der Waals surface area contributed by atoms with Crippen LogP contribution >= 0.6 is 0 Å². The Bertz CT molecular complexity index is 1420. The van der Waals surface area contributed by atoms with Gasteiger partial charge in [-0.1, -0.05) is 18.9 Å². The van der Waals surface area contributed by atoms with Gasteiger partial charge in [0.05, 0.1) is 17.4 Å². The number of carbonyl (C=O) groups excluding carboxylic acids is 2. The fourth-order valence-corrected chi connectivity index (χ4v) is 5.60. The van der Waals surface area contributed by atoms with Crippen LogP contribution in [0.5, 0.6) is 5.75 Å². The van der Waals surface area contributed by atoms with E-state index in [-0.39, 0.29) is 17.4 Å². The molecule has 2 amide bonds. The summed E-state index contributed by atoms with van der Waals surface area (Å²) in [6.45, 7) is -0.803. The molecule has 1 saturated carbocycles. The second kappa shape index (κ2) is 9.65. The van der Waals surface area contributed by atoms with Crippen molar-refractivity contribution in [2.75, 3.05) is 11.9 Å². The van der Waals surface area contributed by atoms with E-state index in [4.69, 9.17) is 9.84 Å². The first-order valence-electron chi connectivity index (χ1n) is 13.0. The molecule has 1 spiro atoms. The molecule has 12 heteroatoms. The monoisotopic (exact) mass is 540 g/mol. The zero-order valence-corrected chi connectivity index (χ0v) is 21.1. The van der Waals surface area contributed by atoms with Crippen molar-refractivity contribution in [3.63, 3.8) is 0 Å². The van der Waals surface area contributed by atoms with E-state index in [9.17, 15) is 22.8 Å². The van der Waals surface area contributed by atoms with E-state index in [1.54, 1.807) is 16.8 Å². The van der Waals surface area contributed by atoms with Crippen LogP contribution in [0.4, 0.5) is 19.0 Å². The normalized spacial score (nSPS) is 20.2. The van der Waals surface area contributed by atoms with Crippen molar-refractivity contribution >= 4 is 17.6 Å². The van der Waals surface area contributed by atoms with E-state index in [0.29, 0.717) is 48.8 Å². The first-order valence-corrected chi connectivity index (χ1v) is 13.0. The van der Waals surface area contributed by atoms with Crippen molar-refractivity contribution in [1.82, 2.24) is 25.1 Å². The number of aryl methyl sites for hydroxylation is 2. The second-order valence-electron chi connectivity index (χ2n) is 10.5. The van der Waals surface area contributed by atoms with Crippen molar-refractivity contribution < 1.29 is 27.5 Å². The number of aromatic nitrogens is 4. The molecule has 1 atom stereocenters. The number of halogens is 3. The maximum absolute atomic E-state index is 13.7. The molecule has 0 radical (unpaired) electrons. The van der Waals surface area contributed by atoms with Gasteiger partial charge in [0.2, 0.25) is 0 Å². The van der Waals surface area contributed by atoms with E-state index in [1.807, 2.05) is 0 Å². The van der Waals surface area contributed by atoms with E-state index in [0.717, 1.165) is 36.8 Å². The molecule has 9 nitrogen and oxygen atoms in total. The van der Waals surface area contributed by atoms with Gasteiger partial charge in [-0.15, -0.1) is 0 Å². The summed E-state index contributed by atoms with van der Waals surface area (Å²) in [4.78, 5) is 34.6. The Morgan fingerprint density at radius 1 is 1.26 bits per heavy atom. The van der Waals surface area contributed by atoms with Crippen LogP contribution in [-0.2, 0) is 24.9 Å². The van der Waals surface area contributed by atoms with Gasteiger partial charge in [0, 0.05) is 25.4 Å². The highest BCUT2D eigenvalue weighted by Gasteiger charge is 2.45. The van der Waals surface area contributed by atoms with Gasteiger partial charge in [0.15, 0.2) is 6.61 Å². The smallest absolute Gasteiger partial charge is 0.422 e. The van der Waals surface area contributed by atoms with Gasteiger partial charge in [0.25, 0.3) is 11.8 Å². The number of nitrogens with zero attached hydrogens (tertiary/aromatic N) is 4. The average Bonchev–Trinajstić information content (AvgIpc) is 3.68. The Hall–Kier alpha value is -3.96. The first-order chi connectivity index (χ1) is 18.7. The third-order valence-electron chi connectivity index (χ3n) is 7.59. The molecule has 3 aliphatic rings. The SMILES string of the molecule is O=C(Nc1c2c(nn1CCC1CC1)C[C@]1(CCCc3cc(OCC(F)(F)F)ccc31)NC2=O)c1cnccn1. The molecule has 2 aliphatic carbocycles. The Balaban J connectivity index is 1.32. The third-order valence-corrected chi connectivity index (χ3v) is 7.59. The van der Waals surface area contributed by atoms with Gasteiger partial charge in [-0.25, -0.2) is 9.67 Å². The molecule has 6 rings (SSSR count). The Morgan fingerprint density at radius 2 is 2.10 bits per heavy atom. The number of rotatable bonds is 7. The maximum atomic E-state index is 13.7. The van der Waals surface area contributed by atoms with Gasteiger partial charge in [-0.3, -0.25) is 14.6 Å². The van der Waals surface area contributed by atoms with Crippen molar-refractivity contribution in [3.05, 3.63) is 64.9 Å². The largest absolute Gasteiger partial charge is 0.484 e. The predicted octanol–water partition coefficient (Wildman–Crippen LogP) is 4.18. The summed E-state index contributed by atoms with van der Waals surface area (Å²) in [7, 11) is 0. The zero-order valence-electron chi connectivity index (χ0n) is 21.1. The molecule has 2 N–H and O–H groups in total. The summed E-state index contributed by atoms with van der Waals surface area (Å²) >= 11 is 0.